The summed E-state index contributed by atoms with van der Waals surface area (Å²) in [6, 6.07) is 9.92. The Bertz CT molecular complexity index is 1020. The Labute approximate surface area is 169 Å². The van der Waals surface area contributed by atoms with E-state index in [1.807, 2.05) is 38.1 Å². The molecule has 29 heavy (non-hydrogen) atoms. The van der Waals surface area contributed by atoms with Gasteiger partial charge in [0.05, 0.1) is 11.8 Å². The van der Waals surface area contributed by atoms with Gasteiger partial charge in [0, 0.05) is 25.3 Å². The maximum Gasteiger partial charge on any atom is 0.141 e. The lowest BCUT2D eigenvalue weighted by Crippen LogP contribution is -2.42. The fourth-order valence-electron chi connectivity index (χ4n) is 4.94. The molecule has 2 aliphatic rings. The van der Waals surface area contributed by atoms with Crippen molar-refractivity contribution in [1.82, 2.24) is 20.2 Å². The van der Waals surface area contributed by atoms with E-state index in [2.05, 4.69) is 26.3 Å². The molecule has 0 radical (unpaired) electrons. The molecule has 1 N–H and O–H groups in total. The molecule has 7 heteroatoms. The number of aromatic nitrogens is 3. The number of aliphatic hydroxyl groups excluding tert-OH is 1. The molecule has 1 saturated heterocycles. The molecule has 1 aliphatic carbocycles. The number of nitrogens with zero attached hydrogens (tertiary/aromatic N) is 4. The van der Waals surface area contributed by atoms with Crippen molar-refractivity contribution in [2.24, 2.45) is 11.8 Å². The highest BCUT2D eigenvalue weighted by Crippen LogP contribution is 2.39. The molecule has 1 saturated carbocycles. The van der Waals surface area contributed by atoms with E-state index < -0.39 is 6.10 Å². The SMILES string of the molecule is Cc1ccc(O[C@@H]2C[C@@H]3CN(Cc4cccc5nonc45)C[C@@H]3C[C@H]2O)c(C)n1. The van der Waals surface area contributed by atoms with E-state index in [1.165, 1.54) is 0 Å². The summed E-state index contributed by atoms with van der Waals surface area (Å²) in [4.78, 5) is 6.93. The van der Waals surface area contributed by atoms with Crippen LogP contribution in [0.3, 0.4) is 0 Å². The largest absolute Gasteiger partial charge is 0.486 e. The summed E-state index contributed by atoms with van der Waals surface area (Å²) in [5.74, 6) is 1.80. The van der Waals surface area contributed by atoms with E-state index >= 15 is 0 Å². The van der Waals surface area contributed by atoms with E-state index in [9.17, 15) is 5.11 Å². The third kappa shape index (κ3) is 3.60. The minimum absolute atomic E-state index is 0.178. The van der Waals surface area contributed by atoms with Crippen LogP contribution in [0.5, 0.6) is 5.75 Å². The van der Waals surface area contributed by atoms with E-state index in [0.29, 0.717) is 11.8 Å². The van der Waals surface area contributed by atoms with Gasteiger partial charge in [0.25, 0.3) is 0 Å². The molecular weight excluding hydrogens is 368 g/mol. The molecule has 5 rings (SSSR count). The average molecular weight is 394 g/mol. The fourth-order valence-corrected chi connectivity index (χ4v) is 4.94. The Morgan fingerprint density at radius 3 is 2.76 bits per heavy atom. The molecule has 7 nitrogen and oxygen atoms in total. The van der Waals surface area contributed by atoms with Gasteiger partial charge in [0.2, 0.25) is 0 Å². The van der Waals surface area contributed by atoms with Crippen molar-refractivity contribution < 1.29 is 14.5 Å². The van der Waals surface area contributed by atoms with E-state index in [-0.39, 0.29) is 6.10 Å². The monoisotopic (exact) mass is 394 g/mol. The highest BCUT2D eigenvalue weighted by Gasteiger charge is 2.42. The molecule has 1 aliphatic heterocycles. The number of aliphatic hydroxyl groups is 1. The summed E-state index contributed by atoms with van der Waals surface area (Å²) >= 11 is 0. The van der Waals surface area contributed by atoms with Crippen LogP contribution in [0.1, 0.15) is 29.8 Å². The standard InChI is InChI=1S/C22H26N4O3/c1-13-6-7-20(14(2)23-13)28-21-9-17-12-26(11-16(17)8-19(21)27)10-15-4-3-5-18-22(15)25-29-24-18/h3-7,16-17,19,21,27H,8-12H2,1-2H3/t16-,17+,19+,21+/m0/s1. The topological polar surface area (TPSA) is 84.5 Å². The van der Waals surface area contributed by atoms with Crippen LogP contribution >= 0.6 is 0 Å². The van der Waals surface area contributed by atoms with Crippen molar-refractivity contribution in [2.45, 2.75) is 45.4 Å². The normalized spacial score (nSPS) is 27.3. The number of hydrogen-bond acceptors (Lipinski definition) is 7. The molecule has 3 heterocycles. The minimum atomic E-state index is -0.444. The maximum atomic E-state index is 10.7. The zero-order valence-electron chi connectivity index (χ0n) is 16.8. The van der Waals surface area contributed by atoms with Gasteiger partial charge in [-0.2, -0.15) is 0 Å². The molecule has 0 unspecified atom stereocenters. The number of pyridine rings is 1. The lowest BCUT2D eigenvalue weighted by molar-refractivity contribution is -0.0236. The van der Waals surface area contributed by atoms with Gasteiger partial charge in [-0.15, -0.1) is 0 Å². The lowest BCUT2D eigenvalue weighted by atomic mass is 9.78. The first-order chi connectivity index (χ1) is 14.1. The van der Waals surface area contributed by atoms with Crippen molar-refractivity contribution >= 4 is 11.0 Å². The molecular formula is C22H26N4O3. The zero-order chi connectivity index (χ0) is 20.0. The van der Waals surface area contributed by atoms with Crippen molar-refractivity contribution in [3.05, 3.63) is 47.3 Å². The number of rotatable bonds is 4. The predicted molar refractivity (Wildman–Crippen MR) is 107 cm³/mol. The second-order valence-corrected chi connectivity index (χ2v) is 8.49. The molecule has 2 aromatic heterocycles. The van der Waals surface area contributed by atoms with Crippen molar-refractivity contribution in [1.29, 1.82) is 0 Å². The van der Waals surface area contributed by atoms with Gasteiger partial charge in [-0.05, 0) is 72.6 Å². The molecule has 0 bridgehead atoms. The van der Waals surface area contributed by atoms with Gasteiger partial charge in [0.1, 0.15) is 22.9 Å². The number of aryl methyl sites for hydroxylation is 2. The Hall–Kier alpha value is -2.51. The number of ether oxygens (including phenoxy) is 1. The summed E-state index contributed by atoms with van der Waals surface area (Å²) in [5, 5.41) is 18.7. The predicted octanol–water partition coefficient (Wildman–Crippen LogP) is 2.88. The van der Waals surface area contributed by atoms with E-state index in [1.54, 1.807) is 0 Å². The molecule has 0 spiro atoms. The number of likely N-dealkylation sites (tertiary alicyclic amines) is 1. The quantitative estimate of drug-likeness (QED) is 0.728. The van der Waals surface area contributed by atoms with Crippen molar-refractivity contribution in [2.75, 3.05) is 13.1 Å². The molecule has 3 aromatic rings. The third-order valence-corrected chi connectivity index (χ3v) is 6.38. The van der Waals surface area contributed by atoms with E-state index in [0.717, 1.165) is 66.2 Å². The first-order valence-corrected chi connectivity index (χ1v) is 10.3. The van der Waals surface area contributed by atoms with Crippen LogP contribution in [-0.2, 0) is 6.54 Å². The van der Waals surface area contributed by atoms with Crippen LogP contribution in [0.2, 0.25) is 0 Å². The number of benzene rings is 1. The van der Waals surface area contributed by atoms with Gasteiger partial charge in [0.15, 0.2) is 0 Å². The summed E-state index contributed by atoms with van der Waals surface area (Å²) in [7, 11) is 0. The van der Waals surface area contributed by atoms with Gasteiger partial charge < -0.3 is 9.84 Å². The lowest BCUT2D eigenvalue weighted by Gasteiger charge is -2.35. The fraction of sp³-hybridized carbons (Fsp3) is 0.500. The molecule has 0 amide bonds. The summed E-state index contributed by atoms with van der Waals surface area (Å²) in [6.07, 6.45) is 1.02. The van der Waals surface area contributed by atoms with Crippen LogP contribution in [0.15, 0.2) is 35.0 Å². The van der Waals surface area contributed by atoms with Crippen LogP contribution in [0.4, 0.5) is 0 Å². The highest BCUT2D eigenvalue weighted by atomic mass is 16.6. The first-order valence-electron chi connectivity index (χ1n) is 10.3. The molecule has 2 fully saturated rings. The van der Waals surface area contributed by atoms with Gasteiger partial charge in [-0.3, -0.25) is 9.88 Å². The summed E-state index contributed by atoms with van der Waals surface area (Å²) in [6.45, 7) is 6.74. The Morgan fingerprint density at radius 1 is 1.10 bits per heavy atom. The second-order valence-electron chi connectivity index (χ2n) is 8.49. The van der Waals surface area contributed by atoms with Crippen LogP contribution in [0, 0.1) is 25.7 Å². The van der Waals surface area contributed by atoms with Gasteiger partial charge in [-0.1, -0.05) is 12.1 Å². The second kappa shape index (κ2) is 7.39. The highest BCUT2D eigenvalue weighted by molar-refractivity contribution is 5.76. The van der Waals surface area contributed by atoms with Crippen LogP contribution in [0.25, 0.3) is 11.0 Å². The van der Waals surface area contributed by atoms with Crippen LogP contribution in [-0.4, -0.2) is 50.6 Å². The van der Waals surface area contributed by atoms with Crippen molar-refractivity contribution in [3.8, 4) is 5.75 Å². The van der Waals surface area contributed by atoms with Gasteiger partial charge >= 0.3 is 0 Å². The zero-order valence-corrected chi connectivity index (χ0v) is 16.8. The number of hydrogen-bond donors (Lipinski definition) is 1. The summed E-state index contributed by atoms with van der Waals surface area (Å²) < 4.78 is 11.1. The molecule has 1 aromatic carbocycles. The molecule has 4 atom stereocenters. The smallest absolute Gasteiger partial charge is 0.141 e. The average Bonchev–Trinajstić information content (AvgIpc) is 3.31. The van der Waals surface area contributed by atoms with E-state index in [4.69, 9.17) is 9.37 Å². The van der Waals surface area contributed by atoms with Crippen molar-refractivity contribution in [3.63, 3.8) is 0 Å². The van der Waals surface area contributed by atoms with Crippen LogP contribution < -0.4 is 4.74 Å². The Balaban J connectivity index is 1.26. The Kier molecular flexibility index (Phi) is 4.72. The Morgan fingerprint density at radius 2 is 1.93 bits per heavy atom. The molecule has 152 valence electrons. The van der Waals surface area contributed by atoms with Gasteiger partial charge in [-0.25, -0.2) is 4.63 Å². The first kappa shape index (κ1) is 18.5. The third-order valence-electron chi connectivity index (χ3n) is 6.38. The maximum absolute atomic E-state index is 10.7. The minimum Gasteiger partial charge on any atom is -0.486 e. The summed E-state index contributed by atoms with van der Waals surface area (Å²) in [5.41, 5.74) is 4.62. The number of fused-ring (bicyclic) bond motifs is 2.